The van der Waals surface area contributed by atoms with Crippen LogP contribution in [0.1, 0.15) is 12.0 Å². The Balaban J connectivity index is 1.99. The highest BCUT2D eigenvalue weighted by molar-refractivity contribution is 5.64. The van der Waals surface area contributed by atoms with Crippen LogP contribution in [0.3, 0.4) is 0 Å². The number of hydrogen-bond acceptors (Lipinski definition) is 4. The van der Waals surface area contributed by atoms with Gasteiger partial charge in [-0.2, -0.15) is 13.2 Å². The molecule has 0 spiro atoms. The summed E-state index contributed by atoms with van der Waals surface area (Å²) in [5.41, 5.74) is 6.05. The molecule has 0 atom stereocenters. The second kappa shape index (κ2) is 6.48. The minimum absolute atomic E-state index is 0.363. The average Bonchev–Trinajstić information content (AvgIpc) is 2.98. The third kappa shape index (κ3) is 3.33. The number of nitrogens with zero attached hydrogens (tertiary/aromatic N) is 3. The Hall–Kier alpha value is -2.61. The van der Waals surface area contributed by atoms with Gasteiger partial charge >= 0.3 is 6.18 Å². The Morgan fingerprint density at radius 3 is 2.75 bits per heavy atom. The van der Waals surface area contributed by atoms with Crippen LogP contribution in [0.15, 0.2) is 42.6 Å². The van der Waals surface area contributed by atoms with Gasteiger partial charge in [0.1, 0.15) is 0 Å². The third-order valence-electron chi connectivity index (χ3n) is 3.42. The van der Waals surface area contributed by atoms with Crippen LogP contribution >= 0.6 is 0 Å². The van der Waals surface area contributed by atoms with Crippen LogP contribution < -0.4 is 10.5 Å². The van der Waals surface area contributed by atoms with Crippen molar-refractivity contribution in [3.05, 3.63) is 48.2 Å². The summed E-state index contributed by atoms with van der Waals surface area (Å²) in [6.45, 7) is 0.922. The molecule has 0 bridgehead atoms. The number of rotatable bonds is 5. The zero-order valence-electron chi connectivity index (χ0n) is 12.6. The SMILES string of the molecule is NCCCOc1ccc2ncc(-c3cccc(C(F)(F)F)c3)n2n1. The Kier molecular flexibility index (Phi) is 4.39. The van der Waals surface area contributed by atoms with E-state index in [0.717, 1.165) is 12.1 Å². The number of hydrogen-bond donors (Lipinski definition) is 1. The second-order valence-electron chi connectivity index (χ2n) is 5.15. The molecular formula is C16H15F3N4O. The number of alkyl halides is 3. The number of fused-ring (bicyclic) bond motifs is 1. The lowest BCUT2D eigenvalue weighted by atomic mass is 10.1. The maximum absolute atomic E-state index is 12.9. The quantitative estimate of drug-likeness (QED) is 0.727. The predicted octanol–water partition coefficient (Wildman–Crippen LogP) is 3.14. The maximum atomic E-state index is 12.9. The summed E-state index contributed by atoms with van der Waals surface area (Å²) in [6.07, 6.45) is -2.23. The lowest BCUT2D eigenvalue weighted by molar-refractivity contribution is -0.137. The van der Waals surface area contributed by atoms with Gasteiger partial charge in [-0.3, -0.25) is 0 Å². The van der Waals surface area contributed by atoms with Crippen LogP contribution in [-0.4, -0.2) is 27.7 Å². The van der Waals surface area contributed by atoms with E-state index in [-0.39, 0.29) is 0 Å². The molecule has 0 fully saturated rings. The summed E-state index contributed by atoms with van der Waals surface area (Å²) in [5.74, 6) is 0.363. The molecule has 0 amide bonds. The molecule has 24 heavy (non-hydrogen) atoms. The first kappa shape index (κ1) is 16.3. The van der Waals surface area contributed by atoms with Gasteiger partial charge in [0, 0.05) is 11.6 Å². The van der Waals surface area contributed by atoms with E-state index in [1.807, 2.05) is 0 Å². The fourth-order valence-electron chi connectivity index (χ4n) is 2.25. The number of nitrogens with two attached hydrogens (primary N) is 1. The van der Waals surface area contributed by atoms with Crippen molar-refractivity contribution in [2.45, 2.75) is 12.6 Å². The van der Waals surface area contributed by atoms with Gasteiger partial charge < -0.3 is 10.5 Å². The molecule has 126 valence electrons. The molecule has 0 aliphatic heterocycles. The monoisotopic (exact) mass is 336 g/mol. The van der Waals surface area contributed by atoms with Gasteiger partial charge in [0.25, 0.3) is 0 Å². The molecule has 2 aromatic heterocycles. The molecule has 0 radical (unpaired) electrons. The number of aromatic nitrogens is 3. The van der Waals surface area contributed by atoms with Crippen LogP contribution in [0.2, 0.25) is 0 Å². The summed E-state index contributed by atoms with van der Waals surface area (Å²) in [5, 5.41) is 4.29. The lowest BCUT2D eigenvalue weighted by Crippen LogP contribution is -2.08. The molecule has 0 saturated carbocycles. The van der Waals surface area contributed by atoms with Gasteiger partial charge in [-0.1, -0.05) is 12.1 Å². The minimum atomic E-state index is -4.40. The summed E-state index contributed by atoms with van der Waals surface area (Å²) in [6, 6.07) is 8.41. The van der Waals surface area contributed by atoms with Crippen LogP contribution in [0.25, 0.3) is 16.9 Å². The highest BCUT2D eigenvalue weighted by Gasteiger charge is 2.30. The van der Waals surface area contributed by atoms with Gasteiger partial charge in [-0.05, 0) is 31.2 Å². The first-order chi connectivity index (χ1) is 11.5. The first-order valence-corrected chi connectivity index (χ1v) is 7.34. The van der Waals surface area contributed by atoms with E-state index in [4.69, 9.17) is 10.5 Å². The molecule has 0 unspecified atom stereocenters. The highest BCUT2D eigenvalue weighted by Crippen LogP contribution is 2.32. The molecule has 0 aliphatic carbocycles. The van der Waals surface area contributed by atoms with E-state index in [0.29, 0.717) is 42.4 Å². The molecule has 8 heteroatoms. The average molecular weight is 336 g/mol. The standard InChI is InChI=1S/C16H15F3N4O/c17-16(18,19)12-4-1-3-11(9-12)13-10-21-14-5-6-15(22-23(13)14)24-8-2-7-20/h1,3-6,9-10H,2,7-8,20H2. The lowest BCUT2D eigenvalue weighted by Gasteiger charge is -2.09. The summed E-state index contributed by atoms with van der Waals surface area (Å²) >= 11 is 0. The van der Waals surface area contributed by atoms with Crippen molar-refractivity contribution in [2.24, 2.45) is 5.73 Å². The van der Waals surface area contributed by atoms with E-state index in [2.05, 4.69) is 10.1 Å². The number of halogens is 3. The van der Waals surface area contributed by atoms with E-state index < -0.39 is 11.7 Å². The fraction of sp³-hybridized carbons (Fsp3) is 0.250. The van der Waals surface area contributed by atoms with Gasteiger partial charge in [0.05, 0.1) is 24.1 Å². The van der Waals surface area contributed by atoms with Gasteiger partial charge in [-0.15, -0.1) is 5.10 Å². The first-order valence-electron chi connectivity index (χ1n) is 7.34. The normalized spacial score (nSPS) is 11.8. The number of imidazole rings is 1. The molecule has 0 aliphatic rings. The zero-order valence-corrected chi connectivity index (χ0v) is 12.6. The van der Waals surface area contributed by atoms with E-state index >= 15 is 0 Å². The largest absolute Gasteiger partial charge is 0.477 e. The minimum Gasteiger partial charge on any atom is -0.477 e. The second-order valence-corrected chi connectivity index (χ2v) is 5.15. The van der Waals surface area contributed by atoms with Crippen LogP contribution in [-0.2, 0) is 6.18 Å². The van der Waals surface area contributed by atoms with Crippen molar-refractivity contribution in [1.29, 1.82) is 0 Å². The van der Waals surface area contributed by atoms with Crippen LogP contribution in [0.4, 0.5) is 13.2 Å². The smallest absolute Gasteiger partial charge is 0.416 e. The Bertz CT molecular complexity index is 845. The van der Waals surface area contributed by atoms with Crippen molar-refractivity contribution < 1.29 is 17.9 Å². The Morgan fingerprint density at radius 2 is 2.00 bits per heavy atom. The van der Waals surface area contributed by atoms with Crippen molar-refractivity contribution in [1.82, 2.24) is 14.6 Å². The molecule has 2 N–H and O–H groups in total. The number of benzene rings is 1. The Morgan fingerprint density at radius 1 is 1.17 bits per heavy atom. The number of ether oxygens (including phenoxy) is 1. The summed E-state index contributed by atoms with van der Waals surface area (Å²) in [7, 11) is 0. The zero-order chi connectivity index (χ0) is 17.2. The van der Waals surface area contributed by atoms with Crippen LogP contribution in [0, 0.1) is 0 Å². The van der Waals surface area contributed by atoms with Gasteiger partial charge in [-0.25, -0.2) is 9.50 Å². The van der Waals surface area contributed by atoms with Crippen molar-refractivity contribution in [3.63, 3.8) is 0 Å². The summed E-state index contributed by atoms with van der Waals surface area (Å²) < 4.78 is 45.6. The fourth-order valence-corrected chi connectivity index (χ4v) is 2.25. The molecule has 3 rings (SSSR count). The van der Waals surface area contributed by atoms with Gasteiger partial charge in [0.15, 0.2) is 5.65 Å². The van der Waals surface area contributed by atoms with Crippen molar-refractivity contribution in [3.8, 4) is 17.1 Å². The van der Waals surface area contributed by atoms with E-state index in [1.54, 1.807) is 18.2 Å². The maximum Gasteiger partial charge on any atom is 0.416 e. The molecule has 1 aromatic carbocycles. The molecule has 5 nitrogen and oxygen atoms in total. The molecule has 0 saturated heterocycles. The van der Waals surface area contributed by atoms with Crippen LogP contribution in [0.5, 0.6) is 5.88 Å². The van der Waals surface area contributed by atoms with Crippen molar-refractivity contribution >= 4 is 5.65 Å². The molecule has 3 aromatic rings. The molecule has 2 heterocycles. The topological polar surface area (TPSA) is 65.4 Å². The highest BCUT2D eigenvalue weighted by atomic mass is 19.4. The van der Waals surface area contributed by atoms with E-state index in [1.165, 1.54) is 16.8 Å². The predicted molar refractivity (Wildman–Crippen MR) is 82.6 cm³/mol. The van der Waals surface area contributed by atoms with Crippen molar-refractivity contribution in [2.75, 3.05) is 13.2 Å². The van der Waals surface area contributed by atoms with E-state index in [9.17, 15) is 13.2 Å². The van der Waals surface area contributed by atoms with Gasteiger partial charge in [0.2, 0.25) is 5.88 Å². The molecular weight excluding hydrogens is 321 g/mol. The Labute approximate surface area is 135 Å². The summed E-state index contributed by atoms with van der Waals surface area (Å²) in [4.78, 5) is 4.17. The third-order valence-corrected chi connectivity index (χ3v) is 3.42.